The van der Waals surface area contributed by atoms with E-state index in [1.165, 1.54) is 0 Å². The van der Waals surface area contributed by atoms with Gasteiger partial charge in [-0.2, -0.15) is 0 Å². The maximum Gasteiger partial charge on any atom is 0.0595 e. The van der Waals surface area contributed by atoms with E-state index in [1.807, 2.05) is 25.1 Å². The van der Waals surface area contributed by atoms with Gasteiger partial charge in [-0.05, 0) is 50.3 Å². The predicted molar refractivity (Wildman–Crippen MR) is 76.3 cm³/mol. The third kappa shape index (κ3) is 2.53. The van der Waals surface area contributed by atoms with Crippen LogP contribution in [-0.2, 0) is 5.41 Å². The smallest absolute Gasteiger partial charge is 0.0595 e. The molecule has 0 aliphatic heterocycles. The van der Waals surface area contributed by atoms with Crippen molar-refractivity contribution in [2.24, 2.45) is 5.73 Å². The summed E-state index contributed by atoms with van der Waals surface area (Å²) in [5, 5.41) is 11.1. The highest BCUT2D eigenvalue weighted by molar-refractivity contribution is 6.42. The standard InChI is InChI=1S/C14H19Cl2NO/c1-9(17)14(6-2-3-11(18)8-14)10-4-5-12(15)13(16)7-10/h4-5,7,9,11,18H,2-3,6,8,17H2,1H3/t9?,11-,14+/m0/s1. The number of aliphatic hydroxyl groups is 1. The van der Waals surface area contributed by atoms with Crippen LogP contribution < -0.4 is 5.73 Å². The molecule has 1 fully saturated rings. The van der Waals surface area contributed by atoms with Gasteiger partial charge in [0.15, 0.2) is 0 Å². The molecule has 3 N–H and O–H groups in total. The zero-order valence-electron chi connectivity index (χ0n) is 10.5. The van der Waals surface area contributed by atoms with Crippen LogP contribution in [0.15, 0.2) is 18.2 Å². The molecular formula is C14H19Cl2NO. The molecular weight excluding hydrogens is 269 g/mol. The van der Waals surface area contributed by atoms with Crippen molar-refractivity contribution in [2.45, 2.75) is 50.2 Å². The second kappa shape index (κ2) is 5.38. The van der Waals surface area contributed by atoms with E-state index in [0.29, 0.717) is 16.5 Å². The van der Waals surface area contributed by atoms with Crippen molar-refractivity contribution in [3.8, 4) is 0 Å². The SMILES string of the molecule is CC(N)[C@@]1(c2ccc(Cl)c(Cl)c2)CCC[C@H](O)C1. The minimum atomic E-state index is -0.279. The topological polar surface area (TPSA) is 46.2 Å². The number of halogens is 2. The first-order valence-corrected chi connectivity index (χ1v) is 7.10. The van der Waals surface area contributed by atoms with E-state index in [0.717, 1.165) is 24.8 Å². The molecule has 0 radical (unpaired) electrons. The zero-order chi connectivity index (χ0) is 13.3. The van der Waals surface area contributed by atoms with Crippen LogP contribution in [0.2, 0.25) is 10.0 Å². The van der Waals surface area contributed by atoms with Gasteiger partial charge in [-0.15, -0.1) is 0 Å². The second-order valence-corrected chi connectivity index (χ2v) is 6.14. The summed E-state index contributed by atoms with van der Waals surface area (Å²) < 4.78 is 0. The molecule has 0 bridgehead atoms. The number of nitrogens with two attached hydrogens (primary N) is 1. The van der Waals surface area contributed by atoms with Crippen molar-refractivity contribution >= 4 is 23.2 Å². The third-order valence-electron chi connectivity index (χ3n) is 4.13. The first-order chi connectivity index (χ1) is 8.45. The van der Waals surface area contributed by atoms with Crippen LogP contribution in [0.3, 0.4) is 0 Å². The molecule has 2 rings (SSSR count). The van der Waals surface area contributed by atoms with Gasteiger partial charge in [0.05, 0.1) is 16.1 Å². The molecule has 3 atom stereocenters. The third-order valence-corrected chi connectivity index (χ3v) is 4.87. The van der Waals surface area contributed by atoms with E-state index >= 15 is 0 Å². The summed E-state index contributed by atoms with van der Waals surface area (Å²) in [4.78, 5) is 0. The van der Waals surface area contributed by atoms with Crippen molar-refractivity contribution in [3.05, 3.63) is 33.8 Å². The summed E-state index contributed by atoms with van der Waals surface area (Å²) >= 11 is 12.1. The average molecular weight is 288 g/mol. The minimum Gasteiger partial charge on any atom is -0.393 e. The molecule has 0 aromatic heterocycles. The summed E-state index contributed by atoms with van der Waals surface area (Å²) in [6, 6.07) is 5.66. The number of hydrogen-bond acceptors (Lipinski definition) is 2. The molecule has 0 heterocycles. The number of hydrogen-bond donors (Lipinski definition) is 2. The molecule has 18 heavy (non-hydrogen) atoms. The summed E-state index contributed by atoms with van der Waals surface area (Å²) in [5.74, 6) is 0. The highest BCUT2D eigenvalue weighted by atomic mass is 35.5. The first kappa shape index (κ1) is 14.1. The zero-order valence-corrected chi connectivity index (χ0v) is 12.0. The maximum absolute atomic E-state index is 9.96. The Hall–Kier alpha value is -0.280. The first-order valence-electron chi connectivity index (χ1n) is 6.35. The Balaban J connectivity index is 2.43. The number of aliphatic hydroxyl groups excluding tert-OH is 1. The van der Waals surface area contributed by atoms with Gasteiger partial charge in [-0.3, -0.25) is 0 Å². The Morgan fingerprint density at radius 3 is 2.67 bits per heavy atom. The Bertz CT molecular complexity index is 436. The fourth-order valence-corrected chi connectivity index (χ4v) is 3.32. The fourth-order valence-electron chi connectivity index (χ4n) is 3.02. The highest BCUT2D eigenvalue weighted by Crippen LogP contribution is 2.43. The Morgan fingerprint density at radius 2 is 2.11 bits per heavy atom. The van der Waals surface area contributed by atoms with E-state index in [4.69, 9.17) is 28.9 Å². The monoisotopic (exact) mass is 287 g/mol. The molecule has 1 aromatic carbocycles. The predicted octanol–water partition coefficient (Wildman–Crippen LogP) is 3.51. The van der Waals surface area contributed by atoms with Gasteiger partial charge in [0.2, 0.25) is 0 Å². The van der Waals surface area contributed by atoms with Crippen LogP contribution in [0.25, 0.3) is 0 Å². The molecule has 1 unspecified atom stereocenters. The normalized spacial score (nSPS) is 30.2. The number of rotatable bonds is 2. The molecule has 4 heteroatoms. The van der Waals surface area contributed by atoms with Crippen molar-refractivity contribution in [3.63, 3.8) is 0 Å². The van der Waals surface area contributed by atoms with Crippen molar-refractivity contribution in [2.75, 3.05) is 0 Å². The summed E-state index contributed by atoms with van der Waals surface area (Å²) in [6.45, 7) is 2.00. The molecule has 1 saturated carbocycles. The quantitative estimate of drug-likeness (QED) is 0.874. The minimum absolute atomic E-state index is 0.0234. The van der Waals surface area contributed by atoms with Gasteiger partial charge in [-0.25, -0.2) is 0 Å². The van der Waals surface area contributed by atoms with Crippen LogP contribution in [-0.4, -0.2) is 17.3 Å². The van der Waals surface area contributed by atoms with E-state index in [9.17, 15) is 5.11 Å². The van der Waals surface area contributed by atoms with Crippen LogP contribution in [0.5, 0.6) is 0 Å². The van der Waals surface area contributed by atoms with Gasteiger partial charge in [0.1, 0.15) is 0 Å². The Kier molecular flexibility index (Phi) is 4.22. The Labute approximate surface area is 118 Å². The van der Waals surface area contributed by atoms with Crippen molar-refractivity contribution < 1.29 is 5.11 Å². The molecule has 0 saturated heterocycles. The lowest BCUT2D eigenvalue weighted by Crippen LogP contribution is -2.48. The average Bonchev–Trinajstić information content (AvgIpc) is 2.32. The molecule has 2 nitrogen and oxygen atoms in total. The molecule has 1 aromatic rings. The van der Waals surface area contributed by atoms with Gasteiger partial charge >= 0.3 is 0 Å². The van der Waals surface area contributed by atoms with E-state index in [1.54, 1.807) is 0 Å². The van der Waals surface area contributed by atoms with E-state index in [2.05, 4.69) is 0 Å². The second-order valence-electron chi connectivity index (χ2n) is 5.32. The largest absolute Gasteiger partial charge is 0.393 e. The van der Waals surface area contributed by atoms with Gasteiger partial charge in [-0.1, -0.05) is 29.3 Å². The van der Waals surface area contributed by atoms with E-state index < -0.39 is 0 Å². The molecule has 1 aliphatic rings. The number of benzene rings is 1. The molecule has 1 aliphatic carbocycles. The lowest BCUT2D eigenvalue weighted by Gasteiger charge is -2.43. The lowest BCUT2D eigenvalue weighted by atomic mass is 9.65. The summed E-state index contributed by atoms with van der Waals surface area (Å²) in [6.07, 6.45) is 3.25. The van der Waals surface area contributed by atoms with Crippen LogP contribution in [0, 0.1) is 0 Å². The molecule has 0 spiro atoms. The molecule has 0 amide bonds. The lowest BCUT2D eigenvalue weighted by molar-refractivity contribution is 0.0754. The van der Waals surface area contributed by atoms with Crippen molar-refractivity contribution in [1.82, 2.24) is 0 Å². The maximum atomic E-state index is 9.96. The van der Waals surface area contributed by atoms with E-state index in [-0.39, 0.29) is 17.6 Å². The van der Waals surface area contributed by atoms with Crippen LogP contribution >= 0.6 is 23.2 Å². The summed E-state index contributed by atoms with van der Waals surface area (Å²) in [5.41, 5.74) is 7.10. The van der Waals surface area contributed by atoms with Gasteiger partial charge < -0.3 is 10.8 Å². The van der Waals surface area contributed by atoms with Crippen molar-refractivity contribution in [1.29, 1.82) is 0 Å². The van der Waals surface area contributed by atoms with Crippen LogP contribution in [0.4, 0.5) is 0 Å². The fraction of sp³-hybridized carbons (Fsp3) is 0.571. The Morgan fingerprint density at radius 1 is 1.39 bits per heavy atom. The highest BCUT2D eigenvalue weighted by Gasteiger charge is 2.40. The summed E-state index contributed by atoms with van der Waals surface area (Å²) in [7, 11) is 0. The van der Waals surface area contributed by atoms with Gasteiger partial charge in [0, 0.05) is 11.5 Å². The van der Waals surface area contributed by atoms with Gasteiger partial charge in [0.25, 0.3) is 0 Å². The molecule has 100 valence electrons. The van der Waals surface area contributed by atoms with Crippen LogP contribution in [0.1, 0.15) is 38.2 Å².